The van der Waals surface area contributed by atoms with E-state index in [-0.39, 0.29) is 12.1 Å². The Morgan fingerprint density at radius 3 is 2.56 bits per heavy atom. The number of nitrogens with two attached hydrogens (primary N) is 1. The monoisotopic (exact) mass is 249 g/mol. The molecule has 0 aromatic carbocycles. The van der Waals surface area contributed by atoms with Crippen LogP contribution >= 0.6 is 0 Å². The summed E-state index contributed by atoms with van der Waals surface area (Å²) in [7, 11) is 2.16. The highest BCUT2D eigenvalue weighted by Gasteiger charge is 2.26. The second-order valence-corrected chi connectivity index (χ2v) is 5.07. The third-order valence-corrected chi connectivity index (χ3v) is 3.71. The zero-order chi connectivity index (χ0) is 13.5. The maximum atomic E-state index is 6.30. The van der Waals surface area contributed by atoms with E-state index >= 15 is 0 Å². The van der Waals surface area contributed by atoms with Crippen LogP contribution < -0.4 is 5.73 Å². The largest absolute Gasteiger partial charge is 0.326 e. The second-order valence-electron chi connectivity index (χ2n) is 5.07. The van der Waals surface area contributed by atoms with Crippen LogP contribution in [0.5, 0.6) is 0 Å². The molecule has 3 heteroatoms. The van der Waals surface area contributed by atoms with Gasteiger partial charge in [-0.25, -0.2) is 0 Å². The van der Waals surface area contributed by atoms with Gasteiger partial charge in [0, 0.05) is 18.3 Å². The van der Waals surface area contributed by atoms with Crippen molar-refractivity contribution in [3.8, 4) is 0 Å². The number of rotatable bonds is 7. The molecule has 3 atom stereocenters. The van der Waals surface area contributed by atoms with Crippen molar-refractivity contribution in [1.29, 1.82) is 0 Å². The molecule has 0 aliphatic heterocycles. The van der Waals surface area contributed by atoms with E-state index in [2.05, 4.69) is 43.8 Å². The molecule has 1 aromatic heterocycles. The molecule has 0 radical (unpaired) electrons. The first-order chi connectivity index (χ1) is 8.61. The quantitative estimate of drug-likeness (QED) is 0.808. The molecule has 102 valence electrons. The fourth-order valence-electron chi connectivity index (χ4n) is 2.40. The first-order valence-corrected chi connectivity index (χ1v) is 7.00. The molecule has 1 rings (SSSR count). The third kappa shape index (κ3) is 3.79. The lowest BCUT2D eigenvalue weighted by Crippen LogP contribution is -2.43. The Hall–Kier alpha value is -0.930. The minimum Gasteiger partial charge on any atom is -0.326 e. The lowest BCUT2D eigenvalue weighted by atomic mass is 9.98. The molecule has 1 aromatic rings. The van der Waals surface area contributed by atoms with Crippen LogP contribution in [0.2, 0.25) is 0 Å². The molecule has 0 aliphatic rings. The van der Waals surface area contributed by atoms with Gasteiger partial charge in [0.1, 0.15) is 0 Å². The number of hydrogen-bond acceptors (Lipinski definition) is 3. The number of pyridine rings is 1. The van der Waals surface area contributed by atoms with E-state index < -0.39 is 0 Å². The van der Waals surface area contributed by atoms with Gasteiger partial charge in [-0.3, -0.25) is 9.88 Å². The van der Waals surface area contributed by atoms with Gasteiger partial charge >= 0.3 is 0 Å². The predicted molar refractivity (Wildman–Crippen MR) is 77.4 cm³/mol. The Labute approximate surface area is 111 Å². The standard InChI is InChI=1S/C15H27N3/c1-5-9-12(3)18(4)15(13(16)6-2)14-10-7-8-11-17-14/h7-8,10-13,15H,5-6,9,16H2,1-4H3. The Kier molecular flexibility index (Phi) is 6.30. The highest BCUT2D eigenvalue weighted by molar-refractivity contribution is 5.11. The normalized spacial score (nSPS) is 16.6. The van der Waals surface area contributed by atoms with Gasteiger partial charge in [0.2, 0.25) is 0 Å². The lowest BCUT2D eigenvalue weighted by molar-refractivity contribution is 0.147. The van der Waals surface area contributed by atoms with E-state index in [1.807, 2.05) is 18.3 Å². The van der Waals surface area contributed by atoms with E-state index in [1.165, 1.54) is 12.8 Å². The van der Waals surface area contributed by atoms with E-state index in [1.54, 1.807) is 0 Å². The molecular formula is C15H27N3. The highest BCUT2D eigenvalue weighted by atomic mass is 15.2. The molecule has 0 saturated carbocycles. The van der Waals surface area contributed by atoms with Crippen molar-refractivity contribution in [3.63, 3.8) is 0 Å². The van der Waals surface area contributed by atoms with E-state index in [0.29, 0.717) is 6.04 Å². The van der Waals surface area contributed by atoms with Gasteiger partial charge < -0.3 is 5.73 Å². The molecule has 0 aliphatic carbocycles. The molecule has 3 unspecified atom stereocenters. The summed E-state index contributed by atoms with van der Waals surface area (Å²) in [5.74, 6) is 0. The van der Waals surface area contributed by atoms with Gasteiger partial charge in [0.25, 0.3) is 0 Å². The smallest absolute Gasteiger partial charge is 0.0673 e. The van der Waals surface area contributed by atoms with Crippen LogP contribution in [0.15, 0.2) is 24.4 Å². The van der Waals surface area contributed by atoms with Crippen LogP contribution in [0.4, 0.5) is 0 Å². The third-order valence-electron chi connectivity index (χ3n) is 3.71. The van der Waals surface area contributed by atoms with E-state index in [9.17, 15) is 0 Å². The van der Waals surface area contributed by atoms with Crippen molar-refractivity contribution in [2.45, 2.75) is 58.2 Å². The van der Waals surface area contributed by atoms with Gasteiger partial charge in [-0.1, -0.05) is 26.3 Å². The van der Waals surface area contributed by atoms with Crippen molar-refractivity contribution >= 4 is 0 Å². The molecular weight excluding hydrogens is 222 g/mol. The van der Waals surface area contributed by atoms with Crippen LogP contribution in [0.1, 0.15) is 51.8 Å². The van der Waals surface area contributed by atoms with Gasteiger partial charge in [-0.15, -0.1) is 0 Å². The minimum atomic E-state index is 0.129. The van der Waals surface area contributed by atoms with Crippen molar-refractivity contribution < 1.29 is 0 Å². The maximum Gasteiger partial charge on any atom is 0.0673 e. The van der Waals surface area contributed by atoms with Crippen LogP contribution in [0.25, 0.3) is 0 Å². The van der Waals surface area contributed by atoms with Crippen LogP contribution in [-0.4, -0.2) is 29.0 Å². The lowest BCUT2D eigenvalue weighted by Gasteiger charge is -2.36. The Morgan fingerprint density at radius 2 is 2.06 bits per heavy atom. The Morgan fingerprint density at radius 1 is 1.33 bits per heavy atom. The first-order valence-electron chi connectivity index (χ1n) is 7.00. The highest BCUT2D eigenvalue weighted by Crippen LogP contribution is 2.25. The molecule has 2 N–H and O–H groups in total. The van der Waals surface area contributed by atoms with Crippen molar-refractivity contribution in [1.82, 2.24) is 9.88 Å². The fraction of sp³-hybridized carbons (Fsp3) is 0.667. The summed E-state index contributed by atoms with van der Waals surface area (Å²) in [4.78, 5) is 6.87. The summed E-state index contributed by atoms with van der Waals surface area (Å²) < 4.78 is 0. The summed E-state index contributed by atoms with van der Waals surface area (Å²) in [6, 6.07) is 6.93. The van der Waals surface area contributed by atoms with Crippen LogP contribution in [-0.2, 0) is 0 Å². The summed E-state index contributed by atoms with van der Waals surface area (Å²) in [6.45, 7) is 6.63. The topological polar surface area (TPSA) is 42.2 Å². The minimum absolute atomic E-state index is 0.129. The molecule has 0 bridgehead atoms. The van der Waals surface area contributed by atoms with Crippen molar-refractivity contribution in [2.75, 3.05) is 7.05 Å². The number of aromatic nitrogens is 1. The predicted octanol–water partition coefficient (Wildman–Crippen LogP) is 2.98. The summed E-state index contributed by atoms with van der Waals surface area (Å²) in [5, 5.41) is 0. The van der Waals surface area contributed by atoms with E-state index in [4.69, 9.17) is 5.73 Å². The Balaban J connectivity index is 2.92. The van der Waals surface area contributed by atoms with Crippen LogP contribution in [0.3, 0.4) is 0 Å². The molecule has 0 spiro atoms. The van der Waals surface area contributed by atoms with Gasteiger partial charge in [-0.2, -0.15) is 0 Å². The van der Waals surface area contributed by atoms with E-state index in [0.717, 1.165) is 12.1 Å². The zero-order valence-electron chi connectivity index (χ0n) is 12.1. The first kappa shape index (κ1) is 15.1. The maximum absolute atomic E-state index is 6.30. The van der Waals surface area contributed by atoms with Crippen molar-refractivity contribution in [3.05, 3.63) is 30.1 Å². The number of likely N-dealkylation sites (N-methyl/N-ethyl adjacent to an activating group) is 1. The van der Waals surface area contributed by atoms with Crippen LogP contribution in [0, 0.1) is 0 Å². The summed E-state index contributed by atoms with van der Waals surface area (Å²) >= 11 is 0. The van der Waals surface area contributed by atoms with Crippen molar-refractivity contribution in [2.24, 2.45) is 5.73 Å². The zero-order valence-corrected chi connectivity index (χ0v) is 12.1. The number of hydrogen-bond donors (Lipinski definition) is 1. The summed E-state index contributed by atoms with van der Waals surface area (Å²) in [6.07, 6.45) is 5.20. The average Bonchev–Trinajstić information content (AvgIpc) is 2.40. The molecule has 0 amide bonds. The second kappa shape index (κ2) is 7.49. The fourth-order valence-corrected chi connectivity index (χ4v) is 2.40. The molecule has 0 fully saturated rings. The molecule has 0 saturated heterocycles. The average molecular weight is 249 g/mol. The Bertz CT molecular complexity index is 326. The SMILES string of the molecule is CCCC(C)N(C)C(c1ccccn1)C(N)CC. The molecule has 1 heterocycles. The van der Waals surface area contributed by atoms with Gasteiger partial charge in [0.15, 0.2) is 0 Å². The molecule has 3 nitrogen and oxygen atoms in total. The van der Waals surface area contributed by atoms with Gasteiger partial charge in [-0.05, 0) is 38.9 Å². The summed E-state index contributed by atoms with van der Waals surface area (Å²) in [5.41, 5.74) is 7.38. The number of nitrogens with zero attached hydrogens (tertiary/aromatic N) is 2. The van der Waals surface area contributed by atoms with Gasteiger partial charge in [0.05, 0.1) is 11.7 Å². The molecule has 18 heavy (non-hydrogen) atoms.